The van der Waals surface area contributed by atoms with E-state index in [-0.39, 0.29) is 36.3 Å². The van der Waals surface area contributed by atoms with Gasteiger partial charge in [0.15, 0.2) is 0 Å². The summed E-state index contributed by atoms with van der Waals surface area (Å²) in [5, 5.41) is 4.14. The van der Waals surface area contributed by atoms with Crippen LogP contribution in [0.25, 0.3) is 10.1 Å². The predicted octanol–water partition coefficient (Wildman–Crippen LogP) is 3.59. The Hall–Kier alpha value is -2.41. The Labute approximate surface area is 187 Å². The molecule has 1 atom stereocenters. The molecule has 2 aliphatic rings. The molecule has 0 saturated carbocycles. The van der Waals surface area contributed by atoms with Crippen molar-refractivity contribution in [1.29, 1.82) is 0 Å². The molecule has 1 aromatic heterocycles. The predicted molar refractivity (Wildman–Crippen MR) is 123 cm³/mol. The lowest BCUT2D eigenvalue weighted by atomic mass is 9.93. The zero-order valence-electron chi connectivity index (χ0n) is 18.4. The van der Waals surface area contributed by atoms with Crippen molar-refractivity contribution in [2.45, 2.75) is 64.5 Å². The van der Waals surface area contributed by atoms with Crippen LogP contribution in [0.1, 0.15) is 61.2 Å². The highest BCUT2D eigenvalue weighted by Crippen LogP contribution is 2.34. The lowest BCUT2D eigenvalue weighted by Crippen LogP contribution is -2.49. The molecule has 4 rings (SSSR count). The molecule has 3 amide bonds. The van der Waals surface area contributed by atoms with Crippen molar-refractivity contribution >= 4 is 39.1 Å². The topological polar surface area (TPSA) is 69.7 Å². The number of piperidine rings is 1. The van der Waals surface area contributed by atoms with E-state index >= 15 is 0 Å². The van der Waals surface area contributed by atoms with E-state index in [0.29, 0.717) is 19.4 Å². The van der Waals surface area contributed by atoms with Gasteiger partial charge in [-0.2, -0.15) is 0 Å². The summed E-state index contributed by atoms with van der Waals surface area (Å²) in [6.45, 7) is 5.51. The van der Waals surface area contributed by atoms with Gasteiger partial charge in [0.25, 0.3) is 5.91 Å². The van der Waals surface area contributed by atoms with Crippen LogP contribution in [0.5, 0.6) is 0 Å². The molecule has 7 heteroatoms. The van der Waals surface area contributed by atoms with Gasteiger partial charge in [-0.1, -0.05) is 18.2 Å². The second-order valence-electron chi connectivity index (χ2n) is 8.89. The Balaban J connectivity index is 1.59. The minimum Gasteiger partial charge on any atom is -0.349 e. The largest absolute Gasteiger partial charge is 0.349 e. The van der Waals surface area contributed by atoms with Crippen molar-refractivity contribution in [1.82, 2.24) is 15.1 Å². The maximum atomic E-state index is 13.1. The van der Waals surface area contributed by atoms with Crippen LogP contribution in [0.2, 0.25) is 0 Å². The second-order valence-corrected chi connectivity index (χ2v) is 9.95. The molecule has 1 aromatic carbocycles. The van der Waals surface area contributed by atoms with Gasteiger partial charge in [0, 0.05) is 36.3 Å². The third-order valence-electron chi connectivity index (χ3n) is 6.21. The van der Waals surface area contributed by atoms with E-state index in [1.165, 1.54) is 11.3 Å². The van der Waals surface area contributed by atoms with E-state index in [1.54, 1.807) is 4.90 Å². The number of rotatable bonds is 6. The van der Waals surface area contributed by atoms with Crippen molar-refractivity contribution in [2.75, 3.05) is 19.6 Å². The zero-order valence-corrected chi connectivity index (χ0v) is 19.2. The molecule has 2 aliphatic heterocycles. The first kappa shape index (κ1) is 21.8. The van der Waals surface area contributed by atoms with Gasteiger partial charge in [-0.3, -0.25) is 14.4 Å². The molecule has 31 heavy (non-hydrogen) atoms. The number of amides is 3. The number of likely N-dealkylation sites (tertiary alicyclic amines) is 2. The molecule has 0 radical (unpaired) electrons. The first-order chi connectivity index (χ1) is 14.9. The number of benzene rings is 1. The summed E-state index contributed by atoms with van der Waals surface area (Å²) in [5.74, 6) is 0.0774. The SMILES string of the molecule is CC(C)NC(=O)c1sc2ccccc2c1C[C@H]1CCCCN1C(=O)CN1CCCC1=O. The molecular weight excluding hydrogens is 410 g/mol. The quantitative estimate of drug-likeness (QED) is 0.745. The molecule has 1 N–H and O–H groups in total. The summed E-state index contributed by atoms with van der Waals surface area (Å²) in [6.07, 6.45) is 5.05. The third kappa shape index (κ3) is 4.76. The fourth-order valence-electron chi connectivity index (χ4n) is 4.71. The monoisotopic (exact) mass is 441 g/mol. The Morgan fingerprint density at radius 1 is 1.16 bits per heavy atom. The van der Waals surface area contributed by atoms with Gasteiger partial charge in [-0.05, 0) is 63.0 Å². The molecule has 0 spiro atoms. The highest BCUT2D eigenvalue weighted by molar-refractivity contribution is 7.21. The lowest BCUT2D eigenvalue weighted by molar-refractivity contribution is -0.140. The van der Waals surface area contributed by atoms with E-state index in [0.717, 1.165) is 52.8 Å². The van der Waals surface area contributed by atoms with Crippen LogP contribution in [0.4, 0.5) is 0 Å². The van der Waals surface area contributed by atoms with Crippen LogP contribution in [0.3, 0.4) is 0 Å². The molecule has 0 bridgehead atoms. The minimum atomic E-state index is -0.0393. The van der Waals surface area contributed by atoms with Crippen LogP contribution in [0.15, 0.2) is 24.3 Å². The van der Waals surface area contributed by atoms with Crippen LogP contribution < -0.4 is 5.32 Å². The van der Waals surface area contributed by atoms with Crippen molar-refractivity contribution in [3.8, 4) is 0 Å². The Bertz CT molecular complexity index is 984. The zero-order chi connectivity index (χ0) is 22.0. The molecule has 0 unspecified atom stereocenters. The smallest absolute Gasteiger partial charge is 0.261 e. The average Bonchev–Trinajstić information content (AvgIpc) is 3.31. The van der Waals surface area contributed by atoms with E-state index in [1.807, 2.05) is 30.9 Å². The van der Waals surface area contributed by atoms with Crippen LogP contribution in [0, 0.1) is 0 Å². The van der Waals surface area contributed by atoms with Crippen molar-refractivity contribution in [3.05, 3.63) is 34.7 Å². The van der Waals surface area contributed by atoms with Crippen molar-refractivity contribution < 1.29 is 14.4 Å². The lowest BCUT2D eigenvalue weighted by Gasteiger charge is -2.37. The van der Waals surface area contributed by atoms with Crippen molar-refractivity contribution in [2.24, 2.45) is 0 Å². The number of carbonyl (C=O) groups is 3. The number of fused-ring (bicyclic) bond motifs is 1. The summed E-state index contributed by atoms with van der Waals surface area (Å²) >= 11 is 1.53. The average molecular weight is 442 g/mol. The standard InChI is InChI=1S/C24H31N3O3S/c1-16(2)25-24(30)23-19(18-9-3-4-10-20(18)31-23)14-17-8-5-6-13-27(17)22(29)15-26-12-7-11-21(26)28/h3-4,9-10,16-17H,5-8,11-15H2,1-2H3,(H,25,30)/t17-/m1/s1. The molecule has 6 nitrogen and oxygen atoms in total. The van der Waals surface area contributed by atoms with Gasteiger partial charge in [-0.25, -0.2) is 0 Å². The normalized spacial score (nSPS) is 19.5. The fraction of sp³-hybridized carbons (Fsp3) is 0.542. The van der Waals surface area contributed by atoms with Crippen LogP contribution in [-0.2, 0) is 16.0 Å². The molecule has 3 heterocycles. The summed E-state index contributed by atoms with van der Waals surface area (Å²) in [5.41, 5.74) is 1.04. The molecule has 2 aromatic rings. The second kappa shape index (κ2) is 9.39. The minimum absolute atomic E-state index is 0.0349. The summed E-state index contributed by atoms with van der Waals surface area (Å²) in [7, 11) is 0. The number of nitrogens with one attached hydrogen (secondary N) is 1. The summed E-state index contributed by atoms with van der Waals surface area (Å²) < 4.78 is 1.10. The van der Waals surface area contributed by atoms with Crippen molar-refractivity contribution in [3.63, 3.8) is 0 Å². The third-order valence-corrected chi connectivity index (χ3v) is 7.42. The van der Waals surface area contributed by atoms with E-state index in [9.17, 15) is 14.4 Å². The van der Waals surface area contributed by atoms with Crippen LogP contribution >= 0.6 is 11.3 Å². The number of carbonyl (C=O) groups excluding carboxylic acids is 3. The molecular formula is C24H31N3O3S. The van der Waals surface area contributed by atoms with Gasteiger partial charge in [-0.15, -0.1) is 11.3 Å². The first-order valence-electron chi connectivity index (χ1n) is 11.3. The Kier molecular flexibility index (Phi) is 6.60. The number of thiophene rings is 1. The first-order valence-corrected chi connectivity index (χ1v) is 12.1. The van der Waals surface area contributed by atoms with Crippen LogP contribution in [-0.4, -0.2) is 59.2 Å². The van der Waals surface area contributed by atoms with Gasteiger partial charge in [0.2, 0.25) is 11.8 Å². The number of hydrogen-bond acceptors (Lipinski definition) is 4. The molecule has 2 saturated heterocycles. The van der Waals surface area contributed by atoms with Gasteiger partial charge >= 0.3 is 0 Å². The summed E-state index contributed by atoms with van der Waals surface area (Å²) in [4.78, 5) is 42.5. The highest BCUT2D eigenvalue weighted by atomic mass is 32.1. The number of hydrogen-bond donors (Lipinski definition) is 1. The Morgan fingerprint density at radius 3 is 2.71 bits per heavy atom. The van der Waals surface area contributed by atoms with Gasteiger partial charge < -0.3 is 15.1 Å². The molecule has 0 aliphatic carbocycles. The van der Waals surface area contributed by atoms with E-state index < -0.39 is 0 Å². The molecule has 2 fully saturated rings. The molecule has 166 valence electrons. The summed E-state index contributed by atoms with van der Waals surface area (Å²) in [6, 6.07) is 8.25. The maximum Gasteiger partial charge on any atom is 0.261 e. The van der Waals surface area contributed by atoms with Gasteiger partial charge in [0.05, 0.1) is 11.4 Å². The number of nitrogens with zero attached hydrogens (tertiary/aromatic N) is 2. The Morgan fingerprint density at radius 2 is 1.97 bits per heavy atom. The highest BCUT2D eigenvalue weighted by Gasteiger charge is 2.32. The maximum absolute atomic E-state index is 13.1. The van der Waals surface area contributed by atoms with E-state index in [4.69, 9.17) is 0 Å². The van der Waals surface area contributed by atoms with Gasteiger partial charge in [0.1, 0.15) is 0 Å². The van der Waals surface area contributed by atoms with E-state index in [2.05, 4.69) is 17.4 Å². The fourth-order valence-corrected chi connectivity index (χ4v) is 5.85.